The zero-order valence-electron chi connectivity index (χ0n) is 17.2. The first-order chi connectivity index (χ1) is 14.1. The summed E-state index contributed by atoms with van der Waals surface area (Å²) in [5, 5.41) is 9.99. The number of piperidine rings is 1. The van der Waals surface area contributed by atoms with Crippen LogP contribution in [0, 0.1) is 0 Å². The Morgan fingerprint density at radius 2 is 1.55 bits per heavy atom. The fourth-order valence-corrected chi connectivity index (χ4v) is 4.82. The number of amides is 2. The zero-order valence-corrected chi connectivity index (χ0v) is 18.8. The van der Waals surface area contributed by atoms with Crippen molar-refractivity contribution >= 4 is 48.0 Å². The van der Waals surface area contributed by atoms with E-state index in [4.69, 9.17) is 0 Å². The van der Waals surface area contributed by atoms with Crippen LogP contribution < -0.4 is 16.0 Å². The molecular formula is C23H28Cl2N4O2. The molecule has 2 aromatic rings. The molecule has 3 aliphatic rings. The Hall–Kier alpha value is -2.28. The van der Waals surface area contributed by atoms with Crippen molar-refractivity contribution in [3.8, 4) is 0 Å². The first-order valence-electron chi connectivity index (χ1n) is 10.4. The van der Waals surface area contributed by atoms with Crippen molar-refractivity contribution in [2.45, 2.75) is 43.3 Å². The maximum atomic E-state index is 13.1. The average Bonchev–Trinajstić information content (AvgIpc) is 3.26. The highest BCUT2D eigenvalue weighted by Crippen LogP contribution is 2.36. The van der Waals surface area contributed by atoms with E-state index in [0.29, 0.717) is 25.9 Å². The van der Waals surface area contributed by atoms with Gasteiger partial charge in [0.15, 0.2) is 0 Å². The largest absolute Gasteiger partial charge is 0.369 e. The van der Waals surface area contributed by atoms with E-state index in [9.17, 15) is 9.59 Å². The number of hydrogen-bond donors (Lipinski definition) is 3. The summed E-state index contributed by atoms with van der Waals surface area (Å²) in [5.41, 5.74) is 2.39. The third kappa shape index (κ3) is 4.38. The van der Waals surface area contributed by atoms with Crippen LogP contribution in [-0.2, 0) is 9.59 Å². The molecule has 3 heterocycles. The van der Waals surface area contributed by atoms with E-state index < -0.39 is 5.54 Å². The van der Waals surface area contributed by atoms with E-state index in [1.807, 2.05) is 47.4 Å². The van der Waals surface area contributed by atoms with Gasteiger partial charge < -0.3 is 15.5 Å². The van der Waals surface area contributed by atoms with Crippen LogP contribution in [-0.4, -0.2) is 41.4 Å². The second kappa shape index (κ2) is 9.47. The minimum absolute atomic E-state index is 0. The molecule has 31 heavy (non-hydrogen) atoms. The lowest BCUT2D eigenvalue weighted by Crippen LogP contribution is -2.60. The molecule has 3 aliphatic heterocycles. The fraction of sp³-hybridized carbons (Fsp3) is 0.391. The van der Waals surface area contributed by atoms with E-state index in [0.717, 1.165) is 24.2 Å². The summed E-state index contributed by atoms with van der Waals surface area (Å²) in [6, 6.07) is 18.2. The van der Waals surface area contributed by atoms with Crippen LogP contribution in [0.2, 0.25) is 0 Å². The number of hydrogen-bond acceptors (Lipinski definition) is 4. The van der Waals surface area contributed by atoms with Crippen LogP contribution in [0.25, 0.3) is 0 Å². The Labute approximate surface area is 195 Å². The minimum Gasteiger partial charge on any atom is -0.369 e. The van der Waals surface area contributed by atoms with Gasteiger partial charge in [-0.25, -0.2) is 0 Å². The van der Waals surface area contributed by atoms with Gasteiger partial charge >= 0.3 is 0 Å². The van der Waals surface area contributed by atoms with Gasteiger partial charge in [0.2, 0.25) is 11.8 Å². The van der Waals surface area contributed by atoms with Gasteiger partial charge in [0, 0.05) is 19.1 Å². The predicted molar refractivity (Wildman–Crippen MR) is 127 cm³/mol. The lowest BCUT2D eigenvalue weighted by atomic mass is 9.84. The molecule has 0 saturated carbocycles. The summed E-state index contributed by atoms with van der Waals surface area (Å²) in [7, 11) is 0. The molecule has 1 spiro atoms. The predicted octanol–water partition coefficient (Wildman–Crippen LogP) is 3.75. The number of nitrogens with one attached hydrogen (secondary N) is 3. The van der Waals surface area contributed by atoms with Crippen molar-refractivity contribution in [1.82, 2.24) is 10.2 Å². The van der Waals surface area contributed by atoms with Gasteiger partial charge in [0.05, 0.1) is 17.4 Å². The second-order valence-electron chi connectivity index (χ2n) is 8.29. The summed E-state index contributed by atoms with van der Waals surface area (Å²) < 4.78 is 0. The molecule has 0 aromatic heterocycles. The van der Waals surface area contributed by atoms with Crippen LogP contribution in [0.5, 0.6) is 0 Å². The third-order valence-electron chi connectivity index (χ3n) is 6.56. The molecule has 3 N–H and O–H groups in total. The lowest BCUT2D eigenvalue weighted by molar-refractivity contribution is -0.136. The monoisotopic (exact) mass is 462 g/mol. The van der Waals surface area contributed by atoms with E-state index in [-0.39, 0.29) is 48.7 Å². The van der Waals surface area contributed by atoms with Crippen molar-refractivity contribution in [2.75, 3.05) is 23.7 Å². The maximum absolute atomic E-state index is 13.1. The number of carbonyl (C=O) groups is 2. The molecule has 2 atom stereocenters. The molecule has 8 heteroatoms. The number of para-hydroxylation sites is 2. The quantitative estimate of drug-likeness (QED) is 0.635. The number of benzene rings is 2. The molecule has 2 fully saturated rings. The normalized spacial score (nSPS) is 23.6. The summed E-state index contributed by atoms with van der Waals surface area (Å²) >= 11 is 0. The first-order valence-corrected chi connectivity index (χ1v) is 10.4. The van der Waals surface area contributed by atoms with Gasteiger partial charge in [-0.05, 0) is 43.4 Å². The van der Waals surface area contributed by atoms with Crippen LogP contribution in [0.15, 0.2) is 54.6 Å². The van der Waals surface area contributed by atoms with Crippen LogP contribution in [0.1, 0.15) is 37.3 Å². The molecule has 5 rings (SSSR count). The Morgan fingerprint density at radius 1 is 0.903 bits per heavy atom. The topological polar surface area (TPSA) is 73.5 Å². The molecule has 6 nitrogen and oxygen atoms in total. The van der Waals surface area contributed by atoms with E-state index in [1.54, 1.807) is 0 Å². The standard InChI is InChI=1S/C23H26N4O2.2ClH/c28-21(20-11-10-17(24-20)16-6-2-1-3-7-16)27-14-12-23(13-15-27)22(29)25-18-8-4-5-9-19(18)26-23;;/h1-9,17,20,24,26H,10-15H2,(H,25,29);2*1H/t17-,20-;;/m1../s1. The number of carbonyl (C=O) groups excluding carboxylic acids is 2. The van der Waals surface area contributed by atoms with Crippen molar-refractivity contribution in [3.05, 3.63) is 60.2 Å². The zero-order chi connectivity index (χ0) is 19.8. The van der Waals surface area contributed by atoms with Crippen LogP contribution in [0.4, 0.5) is 11.4 Å². The summed E-state index contributed by atoms with van der Waals surface area (Å²) in [6.07, 6.45) is 3.06. The third-order valence-corrected chi connectivity index (χ3v) is 6.56. The van der Waals surface area contributed by atoms with Gasteiger partial charge in [-0.3, -0.25) is 14.9 Å². The maximum Gasteiger partial charge on any atom is 0.250 e. The summed E-state index contributed by atoms with van der Waals surface area (Å²) in [4.78, 5) is 27.8. The highest BCUT2D eigenvalue weighted by molar-refractivity contribution is 6.06. The number of likely N-dealkylation sites (tertiary alicyclic amines) is 1. The van der Waals surface area contributed by atoms with Crippen LogP contribution >= 0.6 is 24.8 Å². The first kappa shape index (κ1) is 23.4. The van der Waals surface area contributed by atoms with Gasteiger partial charge in [-0.2, -0.15) is 0 Å². The Kier molecular flexibility index (Phi) is 7.14. The van der Waals surface area contributed by atoms with Gasteiger partial charge in [0.25, 0.3) is 0 Å². The molecular weight excluding hydrogens is 435 g/mol. The van der Waals surface area contributed by atoms with Gasteiger partial charge in [-0.1, -0.05) is 42.5 Å². The number of rotatable bonds is 2. The molecule has 0 bridgehead atoms. The Morgan fingerprint density at radius 3 is 2.26 bits per heavy atom. The molecule has 2 saturated heterocycles. The van der Waals surface area contributed by atoms with Crippen LogP contribution in [0.3, 0.4) is 0 Å². The SMILES string of the molecule is Cl.Cl.O=C([C@H]1CC[C@H](c2ccccc2)N1)N1CCC2(CC1)Nc1ccccc1NC2=O. The van der Waals surface area contributed by atoms with E-state index in [1.165, 1.54) is 5.56 Å². The second-order valence-corrected chi connectivity index (χ2v) is 8.29. The number of nitrogens with zero attached hydrogens (tertiary/aromatic N) is 1. The van der Waals surface area contributed by atoms with Crippen molar-refractivity contribution in [1.29, 1.82) is 0 Å². The molecule has 2 amide bonds. The molecule has 0 aliphatic carbocycles. The molecule has 0 radical (unpaired) electrons. The smallest absolute Gasteiger partial charge is 0.250 e. The van der Waals surface area contributed by atoms with Crippen molar-refractivity contribution in [2.24, 2.45) is 0 Å². The van der Waals surface area contributed by atoms with Gasteiger partial charge in [0.1, 0.15) is 5.54 Å². The summed E-state index contributed by atoms with van der Waals surface area (Å²) in [5.74, 6) is 0.168. The van der Waals surface area contributed by atoms with E-state index >= 15 is 0 Å². The van der Waals surface area contributed by atoms with E-state index in [2.05, 4.69) is 28.1 Å². The molecule has 2 aromatic carbocycles. The lowest BCUT2D eigenvalue weighted by Gasteiger charge is -2.44. The Balaban J connectivity index is 0.00000136. The van der Waals surface area contributed by atoms with Crippen molar-refractivity contribution < 1.29 is 9.59 Å². The molecule has 166 valence electrons. The number of halogens is 2. The highest BCUT2D eigenvalue weighted by Gasteiger charge is 2.46. The average molecular weight is 463 g/mol. The summed E-state index contributed by atoms with van der Waals surface area (Å²) in [6.45, 7) is 1.19. The van der Waals surface area contributed by atoms with Gasteiger partial charge in [-0.15, -0.1) is 24.8 Å². The van der Waals surface area contributed by atoms with Crippen molar-refractivity contribution in [3.63, 3.8) is 0 Å². The minimum atomic E-state index is -0.624. The number of fused-ring (bicyclic) bond motifs is 1. The highest BCUT2D eigenvalue weighted by atomic mass is 35.5. The molecule has 0 unspecified atom stereocenters. The Bertz CT molecular complexity index is 932. The fourth-order valence-electron chi connectivity index (χ4n) is 4.82. The number of anilines is 2.